The second kappa shape index (κ2) is 5.74. The number of hydrogen-bond acceptors (Lipinski definition) is 3. The van der Waals surface area contributed by atoms with Gasteiger partial charge in [-0.3, -0.25) is 4.39 Å². The maximum Gasteiger partial charge on any atom is 0.337 e. The van der Waals surface area contributed by atoms with Crippen molar-refractivity contribution in [2.45, 2.75) is 11.3 Å². The molecule has 1 rings (SSSR count). The molecular weight excluding hydrogens is 249 g/mol. The molecule has 1 aromatic carbocycles. The third kappa shape index (κ3) is 3.50. The molecule has 1 aromatic rings. The van der Waals surface area contributed by atoms with Crippen LogP contribution in [0.25, 0.3) is 0 Å². The van der Waals surface area contributed by atoms with Crippen LogP contribution >= 0.6 is 0 Å². The second-order valence-corrected chi connectivity index (χ2v) is 4.98. The lowest BCUT2D eigenvalue weighted by Crippen LogP contribution is -2.26. The van der Waals surface area contributed by atoms with Crippen molar-refractivity contribution in [2.24, 2.45) is 0 Å². The molecule has 0 atom stereocenters. The first-order valence-corrected chi connectivity index (χ1v) is 6.35. The molecule has 0 amide bonds. The molecule has 0 unspecified atom stereocenters. The highest BCUT2D eigenvalue weighted by Gasteiger charge is 2.20. The van der Waals surface area contributed by atoms with E-state index in [9.17, 15) is 17.6 Å². The number of benzene rings is 1. The van der Waals surface area contributed by atoms with Gasteiger partial charge in [-0.2, -0.15) is 0 Å². The predicted molar refractivity (Wildman–Crippen MR) is 59.2 cm³/mol. The monoisotopic (exact) mass is 261 g/mol. The fourth-order valence-electron chi connectivity index (χ4n) is 1.23. The van der Waals surface area contributed by atoms with E-state index in [-0.39, 0.29) is 23.4 Å². The van der Waals surface area contributed by atoms with Crippen molar-refractivity contribution in [1.82, 2.24) is 4.72 Å². The average Bonchev–Trinajstić information content (AvgIpc) is 2.29. The molecule has 0 aromatic heterocycles. The summed E-state index contributed by atoms with van der Waals surface area (Å²) in [6.45, 7) is -0.699. The number of aromatic carboxylic acids is 1. The first-order chi connectivity index (χ1) is 7.99. The Morgan fingerprint density at radius 3 is 2.59 bits per heavy atom. The van der Waals surface area contributed by atoms with Gasteiger partial charge in [0.25, 0.3) is 0 Å². The number of halogens is 1. The van der Waals surface area contributed by atoms with Crippen LogP contribution in [0.3, 0.4) is 0 Å². The van der Waals surface area contributed by atoms with Crippen LogP contribution in [0.5, 0.6) is 0 Å². The third-order valence-corrected chi connectivity index (χ3v) is 3.53. The second-order valence-electron chi connectivity index (χ2n) is 3.24. The summed E-state index contributed by atoms with van der Waals surface area (Å²) in [5.74, 6) is -1.32. The van der Waals surface area contributed by atoms with Crippen molar-refractivity contribution in [3.05, 3.63) is 29.8 Å². The van der Waals surface area contributed by atoms with Crippen LogP contribution in [-0.4, -0.2) is 32.7 Å². The summed E-state index contributed by atoms with van der Waals surface area (Å²) >= 11 is 0. The highest BCUT2D eigenvalue weighted by Crippen LogP contribution is 2.14. The van der Waals surface area contributed by atoms with Gasteiger partial charge in [-0.05, 0) is 18.6 Å². The van der Waals surface area contributed by atoms with Gasteiger partial charge >= 0.3 is 5.97 Å². The number of carboxylic acid groups (broad SMARTS) is 1. The van der Waals surface area contributed by atoms with Crippen molar-refractivity contribution in [1.29, 1.82) is 0 Å². The Balaban J connectivity index is 3.02. The quantitative estimate of drug-likeness (QED) is 0.749. The topological polar surface area (TPSA) is 83.5 Å². The van der Waals surface area contributed by atoms with E-state index in [0.717, 1.165) is 0 Å². The van der Waals surface area contributed by atoms with Gasteiger partial charge in [0.05, 0.1) is 17.1 Å². The summed E-state index contributed by atoms with van der Waals surface area (Å²) in [4.78, 5) is 10.5. The van der Waals surface area contributed by atoms with Crippen LogP contribution in [0.15, 0.2) is 29.2 Å². The Morgan fingerprint density at radius 1 is 1.35 bits per heavy atom. The van der Waals surface area contributed by atoms with Crippen molar-refractivity contribution < 1.29 is 22.7 Å². The zero-order valence-corrected chi connectivity index (χ0v) is 9.71. The van der Waals surface area contributed by atoms with Crippen LogP contribution in [0.1, 0.15) is 16.8 Å². The fraction of sp³-hybridized carbons (Fsp3) is 0.300. The van der Waals surface area contributed by atoms with Gasteiger partial charge in [-0.25, -0.2) is 17.9 Å². The minimum atomic E-state index is -3.91. The summed E-state index contributed by atoms with van der Waals surface area (Å²) in [5, 5.41) is 8.85. The molecular formula is C10H12FNO4S. The van der Waals surface area contributed by atoms with E-state index < -0.39 is 22.7 Å². The summed E-state index contributed by atoms with van der Waals surface area (Å²) < 4.78 is 37.5. The molecule has 0 aliphatic heterocycles. The number of hydrogen-bond donors (Lipinski definition) is 2. The number of alkyl halides is 1. The predicted octanol–water partition coefficient (Wildman–Crippen LogP) is 1.02. The van der Waals surface area contributed by atoms with Gasteiger partial charge in [-0.15, -0.1) is 0 Å². The highest BCUT2D eigenvalue weighted by atomic mass is 32.2. The average molecular weight is 261 g/mol. The molecule has 0 bridgehead atoms. The van der Waals surface area contributed by atoms with E-state index >= 15 is 0 Å². The van der Waals surface area contributed by atoms with E-state index in [4.69, 9.17) is 5.11 Å². The van der Waals surface area contributed by atoms with Gasteiger partial charge in [0, 0.05) is 6.54 Å². The van der Waals surface area contributed by atoms with Crippen LogP contribution in [0, 0.1) is 0 Å². The SMILES string of the molecule is O=C(O)c1ccccc1S(=O)(=O)NCCCF. The van der Waals surface area contributed by atoms with E-state index in [1.165, 1.54) is 24.3 Å². The lowest BCUT2D eigenvalue weighted by atomic mass is 10.2. The normalized spacial score (nSPS) is 11.4. The summed E-state index contributed by atoms with van der Waals surface area (Å²) in [6, 6.07) is 5.26. The maximum absolute atomic E-state index is 11.8. The van der Waals surface area contributed by atoms with Crippen molar-refractivity contribution in [3.8, 4) is 0 Å². The number of sulfonamides is 1. The molecule has 0 saturated heterocycles. The Kier molecular flexibility index (Phi) is 4.59. The Hall–Kier alpha value is -1.47. The summed E-state index contributed by atoms with van der Waals surface area (Å²) in [7, 11) is -3.91. The first-order valence-electron chi connectivity index (χ1n) is 4.87. The first kappa shape index (κ1) is 13.6. The molecule has 0 heterocycles. The number of carboxylic acids is 1. The molecule has 0 fully saturated rings. The number of nitrogens with one attached hydrogen (secondary N) is 1. The number of rotatable bonds is 6. The molecule has 0 aliphatic carbocycles. The molecule has 94 valence electrons. The molecule has 7 heteroatoms. The van der Waals surface area contributed by atoms with Gasteiger partial charge in [0.1, 0.15) is 0 Å². The van der Waals surface area contributed by atoms with E-state index in [0.29, 0.717) is 0 Å². The molecule has 0 saturated carbocycles. The highest BCUT2D eigenvalue weighted by molar-refractivity contribution is 7.89. The van der Waals surface area contributed by atoms with Crippen LogP contribution in [0.4, 0.5) is 4.39 Å². The molecule has 0 aliphatic rings. The van der Waals surface area contributed by atoms with Crippen LogP contribution in [-0.2, 0) is 10.0 Å². The van der Waals surface area contributed by atoms with Crippen molar-refractivity contribution in [3.63, 3.8) is 0 Å². The zero-order valence-electron chi connectivity index (χ0n) is 8.89. The lowest BCUT2D eigenvalue weighted by Gasteiger charge is -2.08. The molecule has 5 nitrogen and oxygen atoms in total. The minimum absolute atomic E-state index is 0.0501. The fourth-order valence-corrected chi connectivity index (χ4v) is 2.50. The Labute approximate surface area is 98.3 Å². The van der Waals surface area contributed by atoms with Gasteiger partial charge in [0.2, 0.25) is 10.0 Å². The van der Waals surface area contributed by atoms with Crippen LogP contribution in [0.2, 0.25) is 0 Å². The molecule has 2 N–H and O–H groups in total. The minimum Gasteiger partial charge on any atom is -0.478 e. The lowest BCUT2D eigenvalue weighted by molar-refractivity contribution is 0.0692. The van der Waals surface area contributed by atoms with Crippen molar-refractivity contribution in [2.75, 3.05) is 13.2 Å². The van der Waals surface area contributed by atoms with Gasteiger partial charge in [0.15, 0.2) is 0 Å². The van der Waals surface area contributed by atoms with E-state index in [2.05, 4.69) is 4.72 Å². The zero-order chi connectivity index (χ0) is 12.9. The Morgan fingerprint density at radius 2 is 2.00 bits per heavy atom. The molecule has 17 heavy (non-hydrogen) atoms. The molecule has 0 radical (unpaired) electrons. The number of carbonyl (C=O) groups is 1. The van der Waals surface area contributed by atoms with Gasteiger partial charge < -0.3 is 5.11 Å². The van der Waals surface area contributed by atoms with Crippen LogP contribution < -0.4 is 4.72 Å². The van der Waals surface area contributed by atoms with E-state index in [1.807, 2.05) is 0 Å². The standard InChI is InChI=1S/C10H12FNO4S/c11-6-3-7-12-17(15,16)9-5-2-1-4-8(9)10(13)14/h1-2,4-5,12H,3,6-7H2,(H,13,14). The van der Waals surface area contributed by atoms with E-state index in [1.54, 1.807) is 0 Å². The van der Waals surface area contributed by atoms with Gasteiger partial charge in [-0.1, -0.05) is 12.1 Å². The maximum atomic E-state index is 11.8. The third-order valence-electron chi connectivity index (χ3n) is 2.01. The Bertz CT molecular complexity index is 501. The smallest absolute Gasteiger partial charge is 0.337 e. The van der Waals surface area contributed by atoms with Crippen molar-refractivity contribution >= 4 is 16.0 Å². The largest absolute Gasteiger partial charge is 0.478 e. The summed E-state index contributed by atoms with van der Waals surface area (Å²) in [6.07, 6.45) is 0.0501. The summed E-state index contributed by atoms with van der Waals surface area (Å²) in [5.41, 5.74) is -0.305. The molecule has 0 spiro atoms.